The summed E-state index contributed by atoms with van der Waals surface area (Å²) in [5, 5.41) is 121. The molecule has 3 aliphatic rings. The molecule has 19 heteroatoms. The third kappa shape index (κ3) is 41.5. The van der Waals surface area contributed by atoms with Crippen LogP contribution < -0.4 is 5.32 Å². The van der Waals surface area contributed by atoms with Gasteiger partial charge in [0.2, 0.25) is 5.91 Å². The number of carbonyl (C=O) groups excluding carboxylic acids is 1. The summed E-state index contributed by atoms with van der Waals surface area (Å²) < 4.78 is 34.4. The molecule has 19 nitrogen and oxygen atoms in total. The van der Waals surface area contributed by atoms with E-state index in [4.69, 9.17) is 28.4 Å². The fourth-order valence-corrected chi connectivity index (χ4v) is 12.1. The number of rotatable bonds is 59. The van der Waals surface area contributed by atoms with Crippen LogP contribution in [0.4, 0.5) is 0 Å². The van der Waals surface area contributed by atoms with Gasteiger partial charge < -0.3 is 89.9 Å². The summed E-state index contributed by atoms with van der Waals surface area (Å²) in [4.78, 5) is 13.5. The van der Waals surface area contributed by atoms with E-state index in [1.54, 1.807) is 6.08 Å². The Morgan fingerprint density at radius 3 is 1.10 bits per heavy atom. The fraction of sp³-hybridized carbons (Fsp3) is 0.699. The number of hydrogen-bond donors (Lipinski definition) is 12. The molecule has 12 N–H and O–H groups in total. The van der Waals surface area contributed by atoms with Crippen LogP contribution in [-0.4, -0.2) is 193 Å². The summed E-state index contributed by atoms with van der Waals surface area (Å²) in [6.07, 6.45) is 62.5. The van der Waals surface area contributed by atoms with Crippen LogP contribution in [0.1, 0.15) is 239 Å². The van der Waals surface area contributed by atoms with Gasteiger partial charge in [0.1, 0.15) is 73.2 Å². The normalized spacial score (nSPS) is 27.0. The molecule has 0 bridgehead atoms. The third-order valence-corrected chi connectivity index (χ3v) is 18.3. The molecule has 0 spiro atoms. The number of allylic oxidation sites excluding steroid dienone is 23. The van der Waals surface area contributed by atoms with Crippen LogP contribution >= 0.6 is 0 Å². The van der Waals surface area contributed by atoms with Gasteiger partial charge in [0, 0.05) is 6.42 Å². The number of carbonyl (C=O) groups is 1. The van der Waals surface area contributed by atoms with Crippen molar-refractivity contribution >= 4 is 5.91 Å². The van der Waals surface area contributed by atoms with Crippen molar-refractivity contribution in [3.63, 3.8) is 0 Å². The molecular formula is C83H137NO18. The van der Waals surface area contributed by atoms with Gasteiger partial charge in [-0.05, 0) is 116 Å². The molecule has 3 aliphatic heterocycles. The Morgan fingerprint density at radius 1 is 0.363 bits per heavy atom. The number of amides is 1. The molecule has 582 valence electrons. The molecule has 3 rings (SSSR count). The van der Waals surface area contributed by atoms with Gasteiger partial charge in [0.25, 0.3) is 0 Å². The first-order chi connectivity index (χ1) is 49.8. The predicted octanol–water partition coefficient (Wildman–Crippen LogP) is 12.7. The van der Waals surface area contributed by atoms with Gasteiger partial charge in [0.05, 0.1) is 38.6 Å². The van der Waals surface area contributed by atoms with E-state index in [1.807, 2.05) is 6.08 Å². The lowest BCUT2D eigenvalue weighted by Gasteiger charge is -2.48. The lowest BCUT2D eigenvalue weighted by atomic mass is 9.96. The Morgan fingerprint density at radius 2 is 0.686 bits per heavy atom. The van der Waals surface area contributed by atoms with E-state index in [-0.39, 0.29) is 18.9 Å². The van der Waals surface area contributed by atoms with Gasteiger partial charge in [-0.25, -0.2) is 0 Å². The Bertz CT molecular complexity index is 2410. The smallest absolute Gasteiger partial charge is 0.220 e. The average molecular weight is 1440 g/mol. The van der Waals surface area contributed by atoms with Crippen molar-refractivity contribution in [1.29, 1.82) is 0 Å². The Kier molecular flexibility index (Phi) is 55.7. The maximum atomic E-state index is 13.5. The molecule has 3 fully saturated rings. The topological polar surface area (TPSA) is 307 Å². The number of aliphatic hydroxyl groups excluding tert-OH is 11. The molecule has 102 heavy (non-hydrogen) atoms. The van der Waals surface area contributed by atoms with Crippen LogP contribution in [0, 0.1) is 0 Å². The minimum absolute atomic E-state index is 0.215. The summed E-state index contributed by atoms with van der Waals surface area (Å²) in [5.41, 5.74) is 0. The Labute approximate surface area is 613 Å². The summed E-state index contributed by atoms with van der Waals surface area (Å²) in [6.45, 7) is 1.58. The van der Waals surface area contributed by atoms with Crippen molar-refractivity contribution in [2.75, 3.05) is 26.4 Å². The first-order valence-corrected chi connectivity index (χ1v) is 39.1. The summed E-state index contributed by atoms with van der Waals surface area (Å²) in [5.74, 6) is -0.302. The second kappa shape index (κ2) is 61.8. The third-order valence-electron chi connectivity index (χ3n) is 18.3. The maximum Gasteiger partial charge on any atom is 0.220 e. The highest BCUT2D eigenvalue weighted by atomic mass is 16.8. The SMILES string of the molecule is CC/C=C\C/C=C\C/C=C\C/C=C\C/C=C\C/C=C\C/C=C\C/C=C\C/C=C\CCCCCCCCCCCC(=O)NC(COC1OC(CO)C(OC2OC(CO)C(OC3OC(CO)C(O)C(O)C3O)C(O)C2O)C(O)C1O)C(O)/C=C/CC/C=C/CC/C=C/CCCCCCCCCCCC. The number of hydrogen-bond acceptors (Lipinski definition) is 18. The lowest BCUT2D eigenvalue weighted by molar-refractivity contribution is -0.379. The Balaban J connectivity index is 1.38. The molecule has 17 unspecified atom stereocenters. The fourth-order valence-electron chi connectivity index (χ4n) is 12.1. The van der Waals surface area contributed by atoms with Gasteiger partial charge in [-0.3, -0.25) is 4.79 Å². The number of aliphatic hydroxyl groups is 11. The largest absolute Gasteiger partial charge is 0.394 e. The maximum absolute atomic E-state index is 13.5. The highest BCUT2D eigenvalue weighted by Gasteiger charge is 2.53. The minimum atomic E-state index is -1.99. The van der Waals surface area contributed by atoms with Gasteiger partial charge >= 0.3 is 0 Å². The van der Waals surface area contributed by atoms with E-state index in [0.717, 1.165) is 116 Å². The summed E-state index contributed by atoms with van der Waals surface area (Å²) in [6, 6.07) is -1.01. The monoisotopic (exact) mass is 1440 g/mol. The van der Waals surface area contributed by atoms with Gasteiger partial charge in [0.15, 0.2) is 18.9 Å². The zero-order chi connectivity index (χ0) is 73.9. The molecule has 17 atom stereocenters. The van der Waals surface area contributed by atoms with Crippen molar-refractivity contribution < 1.29 is 89.4 Å². The molecule has 1 amide bonds. The van der Waals surface area contributed by atoms with Crippen LogP contribution in [-0.2, 0) is 33.2 Å². The van der Waals surface area contributed by atoms with Crippen molar-refractivity contribution in [3.8, 4) is 0 Å². The zero-order valence-corrected chi connectivity index (χ0v) is 62.0. The first kappa shape index (κ1) is 91.9. The van der Waals surface area contributed by atoms with E-state index in [9.17, 15) is 61.0 Å². The van der Waals surface area contributed by atoms with E-state index in [0.29, 0.717) is 12.8 Å². The first-order valence-electron chi connectivity index (χ1n) is 39.1. The van der Waals surface area contributed by atoms with Crippen molar-refractivity contribution in [3.05, 3.63) is 146 Å². The van der Waals surface area contributed by atoms with Gasteiger partial charge in [-0.1, -0.05) is 262 Å². The molecule has 0 aliphatic carbocycles. The van der Waals surface area contributed by atoms with Crippen molar-refractivity contribution in [1.82, 2.24) is 5.32 Å². The molecule has 0 saturated carbocycles. The highest BCUT2D eigenvalue weighted by Crippen LogP contribution is 2.33. The second-order valence-electron chi connectivity index (χ2n) is 27.1. The molecule has 0 aromatic heterocycles. The van der Waals surface area contributed by atoms with Crippen molar-refractivity contribution in [2.24, 2.45) is 0 Å². The van der Waals surface area contributed by atoms with Crippen LogP contribution in [0.5, 0.6) is 0 Å². The van der Waals surface area contributed by atoms with Crippen LogP contribution in [0.25, 0.3) is 0 Å². The van der Waals surface area contributed by atoms with Gasteiger partial charge in [-0.2, -0.15) is 0 Å². The van der Waals surface area contributed by atoms with Crippen LogP contribution in [0.15, 0.2) is 146 Å². The zero-order valence-electron chi connectivity index (χ0n) is 62.0. The molecule has 3 saturated heterocycles. The highest BCUT2D eigenvalue weighted by molar-refractivity contribution is 5.76. The van der Waals surface area contributed by atoms with Gasteiger partial charge in [-0.15, -0.1) is 0 Å². The van der Waals surface area contributed by atoms with Crippen molar-refractivity contribution in [2.45, 2.75) is 343 Å². The second-order valence-corrected chi connectivity index (χ2v) is 27.1. The molecule has 0 aromatic rings. The summed E-state index contributed by atoms with van der Waals surface area (Å²) in [7, 11) is 0. The molecule has 3 heterocycles. The Hall–Kier alpha value is -4.33. The average Bonchev–Trinajstić information content (AvgIpc) is 0.778. The van der Waals surface area contributed by atoms with Crippen LogP contribution in [0.3, 0.4) is 0 Å². The molecule has 0 radical (unpaired) electrons. The minimum Gasteiger partial charge on any atom is -0.394 e. The number of unbranched alkanes of at least 4 members (excludes halogenated alkanes) is 21. The van der Waals surface area contributed by atoms with Crippen LogP contribution in [0.2, 0.25) is 0 Å². The standard InChI is InChI=1S/C83H137NO18/c1-3-5-7-9-11-13-15-17-19-21-23-25-26-27-28-29-30-31-32-33-34-35-36-37-38-39-40-41-43-45-47-49-51-53-55-57-59-61-71(89)84-66(67(88)60-58-56-54-52-50-48-46-44-42-24-22-20-18-16-14-12-10-8-6-4-2)65-97-81-77(95)74(92)79(69(63-86)99-81)102-83-78(96)75(93)80(70(64-87)100-83)101-82-76(94)73(91)72(90)68(62-85)98-82/h5,7,11,13,17,19,23,25,27-28,30-31,33-34,36-37,39-40,42,44,50,52,58,60,66-70,72-83,85-88,90-96H,3-4,6,8-10,12,14-16,18,20-22,24,26,29,32,35,38,41,43,45-49,51,53-57,59,61-65H2,1-2H3,(H,84,89)/b7-5-,13-11-,19-17-,25-23-,28-27-,31-30-,34-33-,37-36-,40-39-,44-42+,52-50+,60-58+. The van der Waals surface area contributed by atoms with E-state index in [2.05, 4.69) is 153 Å². The van der Waals surface area contributed by atoms with E-state index >= 15 is 0 Å². The number of nitrogens with one attached hydrogen (secondary N) is 1. The quantitative estimate of drug-likeness (QED) is 0.0199. The van der Waals surface area contributed by atoms with E-state index in [1.165, 1.54) is 89.9 Å². The number of ether oxygens (including phenoxy) is 6. The predicted molar refractivity (Wildman–Crippen MR) is 406 cm³/mol. The molecular weight excluding hydrogens is 1300 g/mol. The summed E-state index contributed by atoms with van der Waals surface area (Å²) >= 11 is 0. The molecule has 0 aromatic carbocycles. The lowest BCUT2D eigenvalue weighted by Crippen LogP contribution is -2.66. The van der Waals surface area contributed by atoms with E-state index < -0.39 is 124 Å².